The molecular formula is C18H19N3O3S. The maximum Gasteiger partial charge on any atom is 0.149 e. The van der Waals surface area contributed by atoms with Crippen LogP contribution in [0.3, 0.4) is 0 Å². The van der Waals surface area contributed by atoms with Crippen LogP contribution in [0.25, 0.3) is 21.3 Å². The number of hydrogen-bond acceptors (Lipinski definition) is 7. The zero-order valence-electron chi connectivity index (χ0n) is 14.0. The van der Waals surface area contributed by atoms with Gasteiger partial charge in [0.2, 0.25) is 0 Å². The number of anilines is 1. The lowest BCUT2D eigenvalue weighted by Gasteiger charge is -2.16. The number of aromatic nitrogens is 2. The van der Waals surface area contributed by atoms with E-state index in [2.05, 4.69) is 15.5 Å². The molecule has 3 aromatic rings. The normalized spacial score (nSPS) is 20.3. The minimum absolute atomic E-state index is 0.182. The lowest BCUT2D eigenvalue weighted by molar-refractivity contribution is 0.125. The number of nitrogens with zero attached hydrogens (tertiary/aromatic N) is 2. The van der Waals surface area contributed by atoms with Crippen molar-refractivity contribution in [3.63, 3.8) is 0 Å². The number of benzene rings is 1. The molecule has 0 saturated carbocycles. The molecule has 130 valence electrons. The third kappa shape index (κ3) is 2.95. The molecule has 0 radical (unpaired) electrons. The van der Waals surface area contributed by atoms with E-state index in [1.807, 2.05) is 38.1 Å². The molecule has 0 spiro atoms. The van der Waals surface area contributed by atoms with Gasteiger partial charge in [0, 0.05) is 20.5 Å². The van der Waals surface area contributed by atoms with Gasteiger partial charge in [-0.15, -0.1) is 21.5 Å². The summed E-state index contributed by atoms with van der Waals surface area (Å²) in [6.07, 6.45) is -0.546. The molecule has 1 aliphatic heterocycles. The maximum absolute atomic E-state index is 10.6. The Kier molecular flexibility index (Phi) is 4.07. The number of phenolic OH excluding ortho intramolecular Hbond substituents is 1. The Morgan fingerprint density at radius 1 is 1.20 bits per heavy atom. The van der Waals surface area contributed by atoms with Gasteiger partial charge in [-0.25, -0.2) is 0 Å². The molecule has 25 heavy (non-hydrogen) atoms. The molecule has 3 heterocycles. The quantitative estimate of drug-likeness (QED) is 0.668. The topological polar surface area (TPSA) is 87.5 Å². The lowest BCUT2D eigenvalue weighted by atomic mass is 10.0. The minimum Gasteiger partial charge on any atom is -0.507 e. The van der Waals surface area contributed by atoms with Crippen LogP contribution in [0.1, 0.15) is 10.4 Å². The Labute approximate surface area is 149 Å². The maximum atomic E-state index is 10.6. The minimum atomic E-state index is -0.546. The molecule has 0 unspecified atom stereocenters. The molecule has 6 nitrogen and oxygen atoms in total. The highest BCUT2D eigenvalue weighted by Gasteiger charge is 2.26. The van der Waals surface area contributed by atoms with Gasteiger partial charge in [-0.05, 0) is 43.7 Å². The molecule has 1 aliphatic rings. The van der Waals surface area contributed by atoms with Gasteiger partial charge in [-0.2, -0.15) is 0 Å². The largest absolute Gasteiger partial charge is 0.507 e. The van der Waals surface area contributed by atoms with Crippen molar-refractivity contribution in [3.8, 4) is 17.0 Å². The first kappa shape index (κ1) is 16.3. The third-order valence-electron chi connectivity index (χ3n) is 4.42. The predicted octanol–water partition coefficient (Wildman–Crippen LogP) is 2.85. The third-order valence-corrected chi connectivity index (χ3v) is 5.43. The predicted molar refractivity (Wildman–Crippen MR) is 98.2 cm³/mol. The highest BCUT2D eigenvalue weighted by atomic mass is 32.1. The van der Waals surface area contributed by atoms with Crippen LogP contribution in [0.2, 0.25) is 0 Å². The van der Waals surface area contributed by atoms with Gasteiger partial charge in [0.1, 0.15) is 11.6 Å². The van der Waals surface area contributed by atoms with Crippen molar-refractivity contribution < 1.29 is 14.9 Å². The lowest BCUT2D eigenvalue weighted by Crippen LogP contribution is -2.32. The number of aryl methyl sites for hydroxylation is 2. The van der Waals surface area contributed by atoms with Crippen molar-refractivity contribution >= 4 is 27.2 Å². The van der Waals surface area contributed by atoms with E-state index >= 15 is 0 Å². The Hall–Kier alpha value is -2.22. The molecule has 1 saturated heterocycles. The molecule has 4 rings (SSSR count). The number of fused-ring (bicyclic) bond motifs is 1. The second-order valence-corrected chi connectivity index (χ2v) is 7.64. The molecule has 1 aromatic carbocycles. The van der Waals surface area contributed by atoms with Gasteiger partial charge in [0.25, 0.3) is 0 Å². The number of aliphatic hydroxyl groups excluding tert-OH is 1. The van der Waals surface area contributed by atoms with Crippen LogP contribution in [0.4, 0.5) is 5.82 Å². The average molecular weight is 357 g/mol. The summed E-state index contributed by atoms with van der Waals surface area (Å²) < 4.78 is 6.28. The van der Waals surface area contributed by atoms with E-state index in [1.54, 1.807) is 11.3 Å². The summed E-state index contributed by atoms with van der Waals surface area (Å²) in [5.41, 5.74) is 2.22. The standard InChI is InChI=1S/C18H19N3O3S/c1-9-5-16(19-13-7-24-8-14(13)22)20-21-17(9)11-3-4-15-12(18(11)23)6-10(2)25-15/h3-6,13-14,22-23H,7-8H2,1-2H3,(H,19,20)/t13-,14+/m0/s1. The Morgan fingerprint density at radius 3 is 2.76 bits per heavy atom. The highest BCUT2D eigenvalue weighted by Crippen LogP contribution is 2.39. The number of rotatable bonds is 3. The summed E-state index contributed by atoms with van der Waals surface area (Å²) >= 11 is 1.65. The zero-order valence-corrected chi connectivity index (χ0v) is 14.8. The van der Waals surface area contributed by atoms with Gasteiger partial charge < -0.3 is 20.3 Å². The molecule has 0 bridgehead atoms. The molecular weight excluding hydrogens is 338 g/mol. The van der Waals surface area contributed by atoms with E-state index in [0.29, 0.717) is 30.3 Å². The smallest absolute Gasteiger partial charge is 0.149 e. The van der Waals surface area contributed by atoms with Gasteiger partial charge >= 0.3 is 0 Å². The molecule has 7 heteroatoms. The summed E-state index contributed by atoms with van der Waals surface area (Å²) in [6, 6.07) is 7.56. The van der Waals surface area contributed by atoms with Gasteiger partial charge in [0.15, 0.2) is 0 Å². The summed E-state index contributed by atoms with van der Waals surface area (Å²) in [7, 11) is 0. The fourth-order valence-electron chi connectivity index (χ4n) is 3.11. The summed E-state index contributed by atoms with van der Waals surface area (Å²) in [5, 5.41) is 33.0. The van der Waals surface area contributed by atoms with E-state index in [4.69, 9.17) is 4.74 Å². The first-order chi connectivity index (χ1) is 12.0. The number of aliphatic hydroxyl groups is 1. The number of phenols is 1. The van der Waals surface area contributed by atoms with E-state index in [1.165, 1.54) is 0 Å². The first-order valence-corrected chi connectivity index (χ1v) is 8.94. The molecule has 0 aliphatic carbocycles. The van der Waals surface area contributed by atoms with Crippen LogP contribution in [-0.4, -0.2) is 45.8 Å². The zero-order chi connectivity index (χ0) is 17.6. The van der Waals surface area contributed by atoms with E-state index in [0.717, 1.165) is 20.5 Å². The van der Waals surface area contributed by atoms with Crippen molar-refractivity contribution in [2.45, 2.75) is 26.0 Å². The van der Waals surface area contributed by atoms with Crippen LogP contribution < -0.4 is 5.32 Å². The SMILES string of the molecule is Cc1cc2c(O)c(-c3nnc(N[C@H]4COC[C@H]4O)cc3C)ccc2s1. The number of aromatic hydroxyl groups is 1. The average Bonchev–Trinajstić information content (AvgIpc) is 3.15. The summed E-state index contributed by atoms with van der Waals surface area (Å²) in [6.45, 7) is 4.73. The first-order valence-electron chi connectivity index (χ1n) is 8.12. The van der Waals surface area contributed by atoms with Crippen LogP contribution in [0.15, 0.2) is 24.3 Å². The molecule has 0 amide bonds. The van der Waals surface area contributed by atoms with Gasteiger partial charge in [-0.1, -0.05) is 0 Å². The number of hydrogen-bond donors (Lipinski definition) is 3. The molecule has 1 fully saturated rings. The Morgan fingerprint density at radius 2 is 2.04 bits per heavy atom. The van der Waals surface area contributed by atoms with Crippen molar-refractivity contribution in [1.82, 2.24) is 10.2 Å². The van der Waals surface area contributed by atoms with Gasteiger partial charge in [-0.3, -0.25) is 0 Å². The van der Waals surface area contributed by atoms with Gasteiger partial charge in [0.05, 0.1) is 31.1 Å². The fraction of sp³-hybridized carbons (Fsp3) is 0.333. The number of ether oxygens (including phenoxy) is 1. The van der Waals surface area contributed by atoms with Crippen molar-refractivity contribution in [2.24, 2.45) is 0 Å². The number of thiophene rings is 1. The summed E-state index contributed by atoms with van der Waals surface area (Å²) in [4.78, 5) is 1.15. The highest BCUT2D eigenvalue weighted by molar-refractivity contribution is 7.19. The van der Waals surface area contributed by atoms with Crippen molar-refractivity contribution in [1.29, 1.82) is 0 Å². The van der Waals surface area contributed by atoms with Crippen LogP contribution >= 0.6 is 11.3 Å². The van der Waals surface area contributed by atoms with E-state index in [-0.39, 0.29) is 11.8 Å². The van der Waals surface area contributed by atoms with Crippen LogP contribution in [0, 0.1) is 13.8 Å². The molecule has 3 N–H and O–H groups in total. The number of nitrogens with one attached hydrogen (secondary N) is 1. The monoisotopic (exact) mass is 357 g/mol. The molecule has 2 aromatic heterocycles. The van der Waals surface area contributed by atoms with E-state index in [9.17, 15) is 10.2 Å². The van der Waals surface area contributed by atoms with Crippen molar-refractivity contribution in [3.05, 3.63) is 34.7 Å². The van der Waals surface area contributed by atoms with Crippen LogP contribution in [-0.2, 0) is 4.74 Å². The molecule has 2 atom stereocenters. The van der Waals surface area contributed by atoms with Crippen LogP contribution in [0.5, 0.6) is 5.75 Å². The fourth-order valence-corrected chi connectivity index (χ4v) is 4.03. The second-order valence-electron chi connectivity index (χ2n) is 6.35. The van der Waals surface area contributed by atoms with Crippen molar-refractivity contribution in [2.75, 3.05) is 18.5 Å². The van der Waals surface area contributed by atoms with E-state index < -0.39 is 6.10 Å². The Bertz CT molecular complexity index is 941. The summed E-state index contributed by atoms with van der Waals surface area (Å²) in [5.74, 6) is 0.822. The Balaban J connectivity index is 1.68. The second kappa shape index (κ2) is 6.25.